The third kappa shape index (κ3) is 5.46. The first-order chi connectivity index (χ1) is 17.7. The lowest BCUT2D eigenvalue weighted by Gasteiger charge is -2.34. The highest BCUT2D eigenvalue weighted by Gasteiger charge is 2.49. The van der Waals surface area contributed by atoms with Crippen molar-refractivity contribution in [2.45, 2.75) is 63.3 Å². The molecule has 0 unspecified atom stereocenters. The van der Waals surface area contributed by atoms with E-state index in [9.17, 15) is 9.59 Å². The SMILES string of the molecule is O=C(OCc1ccccc1)[C@@H](CC1CCCCC1)N1C(=O)O[C@H](c2ccccc2)[C@@H]1c1ccccc1. The zero-order valence-electron chi connectivity index (χ0n) is 20.5. The molecule has 1 heterocycles. The summed E-state index contributed by atoms with van der Waals surface area (Å²) in [5, 5.41) is 0. The lowest BCUT2D eigenvalue weighted by atomic mass is 9.84. The second kappa shape index (κ2) is 11.4. The summed E-state index contributed by atoms with van der Waals surface area (Å²) >= 11 is 0. The highest BCUT2D eigenvalue weighted by Crippen LogP contribution is 2.45. The Morgan fingerprint density at radius 3 is 2.06 bits per heavy atom. The van der Waals surface area contributed by atoms with Gasteiger partial charge < -0.3 is 9.47 Å². The van der Waals surface area contributed by atoms with E-state index in [4.69, 9.17) is 9.47 Å². The van der Waals surface area contributed by atoms with Crippen LogP contribution < -0.4 is 0 Å². The molecule has 1 aliphatic heterocycles. The molecule has 3 atom stereocenters. The Morgan fingerprint density at radius 2 is 1.42 bits per heavy atom. The lowest BCUT2D eigenvalue weighted by molar-refractivity contribution is -0.151. The van der Waals surface area contributed by atoms with Gasteiger partial charge in [0.15, 0.2) is 6.10 Å². The number of nitrogens with zero attached hydrogens (tertiary/aromatic N) is 1. The van der Waals surface area contributed by atoms with Crippen LogP contribution in [0.2, 0.25) is 0 Å². The summed E-state index contributed by atoms with van der Waals surface area (Å²) in [6.07, 6.45) is 5.33. The Labute approximate surface area is 213 Å². The minimum atomic E-state index is -0.705. The summed E-state index contributed by atoms with van der Waals surface area (Å²) in [5.74, 6) is 0.0176. The summed E-state index contributed by atoms with van der Waals surface area (Å²) in [5.41, 5.74) is 2.78. The van der Waals surface area contributed by atoms with Crippen LogP contribution in [0.5, 0.6) is 0 Å². The molecule has 1 amide bonds. The van der Waals surface area contributed by atoms with Gasteiger partial charge in [-0.05, 0) is 29.0 Å². The Morgan fingerprint density at radius 1 is 0.833 bits per heavy atom. The molecule has 3 aromatic carbocycles. The fraction of sp³-hybridized carbons (Fsp3) is 0.355. The number of hydrogen-bond donors (Lipinski definition) is 0. The number of cyclic esters (lactones) is 1. The van der Waals surface area contributed by atoms with Crippen molar-refractivity contribution in [3.63, 3.8) is 0 Å². The van der Waals surface area contributed by atoms with E-state index >= 15 is 0 Å². The fourth-order valence-corrected chi connectivity index (χ4v) is 5.58. The monoisotopic (exact) mass is 483 g/mol. The highest BCUT2D eigenvalue weighted by molar-refractivity contribution is 5.83. The van der Waals surface area contributed by atoms with Crippen LogP contribution in [0.25, 0.3) is 0 Å². The molecule has 0 N–H and O–H groups in total. The summed E-state index contributed by atoms with van der Waals surface area (Å²) in [6, 6.07) is 28.2. The van der Waals surface area contributed by atoms with Gasteiger partial charge in [0, 0.05) is 0 Å². The standard InChI is InChI=1S/C31H33NO4/c33-30(35-22-24-15-7-2-8-16-24)27(21-23-13-5-1-6-14-23)32-28(25-17-9-3-10-18-25)29(36-31(32)34)26-19-11-4-12-20-26/h2-4,7-12,15-20,23,27-29H,1,5-6,13-14,21-22H2/t27-,28+,29-/m1/s1. The second-order valence-electron chi connectivity index (χ2n) is 9.83. The summed E-state index contributed by atoms with van der Waals surface area (Å²) < 4.78 is 11.8. The van der Waals surface area contributed by atoms with Crippen LogP contribution >= 0.6 is 0 Å². The van der Waals surface area contributed by atoms with Gasteiger partial charge in [-0.15, -0.1) is 0 Å². The third-order valence-corrected chi connectivity index (χ3v) is 7.41. The van der Waals surface area contributed by atoms with Crippen LogP contribution in [0.4, 0.5) is 4.79 Å². The Balaban J connectivity index is 1.48. The molecular formula is C31H33NO4. The normalized spacial score (nSPS) is 21.1. The van der Waals surface area contributed by atoms with Crippen molar-refractivity contribution in [1.82, 2.24) is 4.90 Å². The van der Waals surface area contributed by atoms with Gasteiger partial charge in [-0.1, -0.05) is 123 Å². The lowest BCUT2D eigenvalue weighted by Crippen LogP contribution is -2.45. The van der Waals surface area contributed by atoms with Crippen LogP contribution in [0.1, 0.15) is 67.4 Å². The molecule has 36 heavy (non-hydrogen) atoms. The topological polar surface area (TPSA) is 55.8 Å². The van der Waals surface area contributed by atoms with E-state index in [2.05, 4.69) is 0 Å². The maximum absolute atomic E-state index is 13.7. The van der Waals surface area contributed by atoms with E-state index in [0.29, 0.717) is 12.3 Å². The van der Waals surface area contributed by atoms with Crippen LogP contribution in [0, 0.1) is 5.92 Å². The molecule has 1 aliphatic carbocycles. The number of amides is 1. The average molecular weight is 484 g/mol. The maximum Gasteiger partial charge on any atom is 0.411 e. The van der Waals surface area contributed by atoms with Gasteiger partial charge in [0.2, 0.25) is 0 Å². The van der Waals surface area contributed by atoms with Gasteiger partial charge in [-0.2, -0.15) is 0 Å². The first-order valence-electron chi connectivity index (χ1n) is 13.0. The van der Waals surface area contributed by atoms with Crippen molar-refractivity contribution in [2.75, 3.05) is 0 Å². The first-order valence-corrected chi connectivity index (χ1v) is 13.0. The number of carbonyl (C=O) groups is 2. The van der Waals surface area contributed by atoms with Crippen molar-refractivity contribution >= 4 is 12.1 Å². The molecule has 2 fully saturated rings. The summed E-state index contributed by atoms with van der Waals surface area (Å²) in [4.78, 5) is 28.8. The van der Waals surface area contributed by atoms with Crippen LogP contribution in [0.15, 0.2) is 91.0 Å². The number of esters is 1. The quantitative estimate of drug-likeness (QED) is 0.324. The maximum atomic E-state index is 13.7. The van der Waals surface area contributed by atoms with E-state index < -0.39 is 24.3 Å². The Bertz CT molecular complexity index is 1130. The van der Waals surface area contributed by atoms with E-state index in [1.165, 1.54) is 6.42 Å². The number of benzene rings is 3. The van der Waals surface area contributed by atoms with Gasteiger partial charge in [-0.25, -0.2) is 9.59 Å². The van der Waals surface area contributed by atoms with E-state index in [1.54, 1.807) is 4.90 Å². The van der Waals surface area contributed by atoms with Gasteiger partial charge in [0.25, 0.3) is 0 Å². The first kappa shape index (κ1) is 24.1. The van der Waals surface area contributed by atoms with Gasteiger partial charge >= 0.3 is 12.1 Å². The van der Waals surface area contributed by atoms with Gasteiger partial charge in [0.05, 0.1) is 0 Å². The fourth-order valence-electron chi connectivity index (χ4n) is 5.58. The molecule has 2 aliphatic rings. The highest BCUT2D eigenvalue weighted by atomic mass is 16.6. The van der Waals surface area contributed by atoms with Crippen molar-refractivity contribution < 1.29 is 19.1 Å². The molecule has 3 aromatic rings. The number of carbonyl (C=O) groups excluding carboxylic acids is 2. The van der Waals surface area contributed by atoms with Crippen LogP contribution in [-0.4, -0.2) is 23.0 Å². The van der Waals surface area contributed by atoms with Gasteiger partial charge in [0.1, 0.15) is 18.7 Å². The number of hydrogen-bond acceptors (Lipinski definition) is 4. The van der Waals surface area contributed by atoms with Crippen molar-refractivity contribution in [2.24, 2.45) is 5.92 Å². The predicted molar refractivity (Wildman–Crippen MR) is 138 cm³/mol. The molecule has 0 aromatic heterocycles. The van der Waals surface area contributed by atoms with Crippen molar-refractivity contribution in [1.29, 1.82) is 0 Å². The predicted octanol–water partition coefficient (Wildman–Crippen LogP) is 7.00. The molecule has 0 bridgehead atoms. The zero-order chi connectivity index (χ0) is 24.7. The third-order valence-electron chi connectivity index (χ3n) is 7.41. The number of rotatable bonds is 8. The minimum Gasteiger partial charge on any atom is -0.459 e. The molecule has 1 saturated carbocycles. The largest absolute Gasteiger partial charge is 0.459 e. The molecule has 0 spiro atoms. The van der Waals surface area contributed by atoms with E-state index in [-0.39, 0.29) is 12.6 Å². The second-order valence-corrected chi connectivity index (χ2v) is 9.83. The Hall–Kier alpha value is -3.60. The molecule has 5 heteroatoms. The van der Waals surface area contributed by atoms with Crippen LogP contribution in [0.3, 0.4) is 0 Å². The Kier molecular flexibility index (Phi) is 7.65. The molecule has 1 saturated heterocycles. The van der Waals surface area contributed by atoms with Crippen molar-refractivity contribution in [3.8, 4) is 0 Å². The van der Waals surface area contributed by atoms with Gasteiger partial charge in [-0.3, -0.25) is 4.90 Å². The van der Waals surface area contributed by atoms with Crippen molar-refractivity contribution in [3.05, 3.63) is 108 Å². The average Bonchev–Trinajstić information content (AvgIpc) is 3.29. The summed E-state index contributed by atoms with van der Waals surface area (Å²) in [7, 11) is 0. The molecule has 186 valence electrons. The zero-order valence-corrected chi connectivity index (χ0v) is 20.5. The van der Waals surface area contributed by atoms with E-state index in [0.717, 1.165) is 42.4 Å². The molecular weight excluding hydrogens is 450 g/mol. The van der Waals surface area contributed by atoms with Crippen LogP contribution in [-0.2, 0) is 20.9 Å². The van der Waals surface area contributed by atoms with E-state index in [1.807, 2.05) is 91.0 Å². The minimum absolute atomic E-state index is 0.182. The smallest absolute Gasteiger partial charge is 0.411 e. The number of ether oxygens (including phenoxy) is 2. The summed E-state index contributed by atoms with van der Waals surface area (Å²) in [6.45, 7) is 0.182. The molecule has 0 radical (unpaired) electrons. The molecule has 5 rings (SSSR count). The molecule has 5 nitrogen and oxygen atoms in total.